The predicted molar refractivity (Wildman–Crippen MR) is 179 cm³/mol. The zero-order valence-electron chi connectivity index (χ0n) is 28.4. The third kappa shape index (κ3) is 9.07. The molecule has 3 fully saturated rings. The molecule has 0 saturated carbocycles. The Morgan fingerprint density at radius 3 is 1.96 bits per heavy atom. The molecule has 0 amide bonds. The molecule has 3 aromatic rings. The topological polar surface area (TPSA) is 152 Å². The van der Waals surface area contributed by atoms with Crippen molar-refractivity contribution in [1.29, 1.82) is 0 Å². The molecule has 0 unspecified atom stereocenters. The minimum Gasteiger partial charge on any atom is -0.387 e. The summed E-state index contributed by atoms with van der Waals surface area (Å²) in [5.74, 6) is -0.964. The molecule has 3 aromatic carbocycles. The van der Waals surface area contributed by atoms with E-state index in [9.17, 15) is 10.6 Å². The fourth-order valence-electron chi connectivity index (χ4n) is 6.42. The molecule has 1 N–H and O–H groups in total. The highest BCUT2D eigenvalue weighted by Gasteiger charge is 2.55. The smallest absolute Gasteiger partial charge is 0.186 e. The highest BCUT2D eigenvalue weighted by molar-refractivity contribution is 5.15. The summed E-state index contributed by atoms with van der Waals surface area (Å²) in [5.41, 5.74) is 12.3. The standard InChI is InChI=1S/C37H45N3O10/c1-37(2)46-23-28-31(50-37)29(39-40-38)30(41)35(47-28)49-32-27(22-43-19-24-13-7-4-8-14-24)48-36(42-3)34(45-21-26-17-11-6-12-18-26)33(32)44-20-25-15-9-5-10-16-25/h4-18,27-36,41H,19-23H2,1-3H3/t27-,28-,29-,30-,31-,32-,33+,34-,35+,36+/m1/s1. The van der Waals surface area contributed by atoms with E-state index in [2.05, 4.69) is 10.0 Å². The maximum absolute atomic E-state index is 11.6. The average Bonchev–Trinajstić information content (AvgIpc) is 3.13. The molecule has 13 heteroatoms. The molecule has 10 atom stereocenters. The third-order valence-electron chi connectivity index (χ3n) is 8.92. The Morgan fingerprint density at radius 2 is 1.38 bits per heavy atom. The van der Waals surface area contributed by atoms with Crippen molar-refractivity contribution in [3.63, 3.8) is 0 Å². The monoisotopic (exact) mass is 691 g/mol. The molecule has 3 aliphatic heterocycles. The Bertz CT molecular complexity index is 1510. The van der Waals surface area contributed by atoms with Crippen molar-refractivity contribution in [2.75, 3.05) is 20.3 Å². The van der Waals surface area contributed by atoms with Gasteiger partial charge >= 0.3 is 0 Å². The second-order valence-electron chi connectivity index (χ2n) is 12.9. The minimum atomic E-state index is -1.40. The van der Waals surface area contributed by atoms with Crippen LogP contribution < -0.4 is 0 Å². The lowest BCUT2D eigenvalue weighted by Gasteiger charge is -2.51. The maximum Gasteiger partial charge on any atom is 0.186 e. The van der Waals surface area contributed by atoms with Crippen molar-refractivity contribution in [3.8, 4) is 0 Å². The predicted octanol–water partition coefficient (Wildman–Crippen LogP) is 5.05. The number of azide groups is 1. The normalized spacial score (nSPS) is 32.1. The first-order valence-corrected chi connectivity index (χ1v) is 16.8. The molecule has 0 bridgehead atoms. The number of fused-ring (bicyclic) bond motifs is 1. The molecular formula is C37H45N3O10. The number of ether oxygens (including phenoxy) is 9. The molecule has 3 heterocycles. The molecule has 0 aliphatic carbocycles. The van der Waals surface area contributed by atoms with E-state index < -0.39 is 67.1 Å². The first kappa shape index (κ1) is 36.4. The van der Waals surface area contributed by atoms with Gasteiger partial charge in [0, 0.05) is 12.0 Å². The van der Waals surface area contributed by atoms with Crippen LogP contribution in [0.2, 0.25) is 0 Å². The Labute approximate surface area is 291 Å². The first-order valence-electron chi connectivity index (χ1n) is 16.8. The fourth-order valence-corrected chi connectivity index (χ4v) is 6.42. The number of aliphatic hydroxyl groups is 1. The van der Waals surface area contributed by atoms with E-state index in [-0.39, 0.29) is 26.4 Å². The highest BCUT2D eigenvalue weighted by Crippen LogP contribution is 2.37. The van der Waals surface area contributed by atoms with Gasteiger partial charge in [0.15, 0.2) is 18.4 Å². The van der Waals surface area contributed by atoms with Gasteiger partial charge in [-0.1, -0.05) is 96.1 Å². The van der Waals surface area contributed by atoms with Gasteiger partial charge in [0.2, 0.25) is 0 Å². The quantitative estimate of drug-likeness (QED) is 0.138. The van der Waals surface area contributed by atoms with E-state index in [1.807, 2.05) is 91.0 Å². The van der Waals surface area contributed by atoms with E-state index in [0.717, 1.165) is 16.7 Å². The molecule has 0 aromatic heterocycles. The summed E-state index contributed by atoms with van der Waals surface area (Å²) in [7, 11) is 1.55. The van der Waals surface area contributed by atoms with Gasteiger partial charge in [-0.3, -0.25) is 0 Å². The van der Waals surface area contributed by atoms with Crippen molar-refractivity contribution >= 4 is 0 Å². The molecule has 3 saturated heterocycles. The van der Waals surface area contributed by atoms with Crippen LogP contribution >= 0.6 is 0 Å². The number of nitrogens with zero attached hydrogens (tertiary/aromatic N) is 3. The third-order valence-corrected chi connectivity index (χ3v) is 8.92. The summed E-state index contributed by atoms with van der Waals surface area (Å²) >= 11 is 0. The van der Waals surface area contributed by atoms with Crippen LogP contribution in [0, 0.1) is 0 Å². The summed E-state index contributed by atoms with van der Waals surface area (Å²) in [5, 5.41) is 15.5. The molecule has 0 spiro atoms. The van der Waals surface area contributed by atoms with E-state index in [1.54, 1.807) is 21.0 Å². The number of methoxy groups -OCH3 is 1. The van der Waals surface area contributed by atoms with Crippen LogP contribution in [0.5, 0.6) is 0 Å². The lowest BCUT2D eigenvalue weighted by molar-refractivity contribution is -0.388. The minimum absolute atomic E-state index is 0.0884. The zero-order chi connectivity index (χ0) is 34.9. The Kier molecular flexibility index (Phi) is 12.5. The second-order valence-corrected chi connectivity index (χ2v) is 12.9. The van der Waals surface area contributed by atoms with Crippen LogP contribution in [0.25, 0.3) is 10.4 Å². The van der Waals surface area contributed by atoms with Crippen LogP contribution in [0.3, 0.4) is 0 Å². The lowest BCUT2D eigenvalue weighted by atomic mass is 9.94. The highest BCUT2D eigenvalue weighted by atomic mass is 16.8. The molecule has 13 nitrogen and oxygen atoms in total. The van der Waals surface area contributed by atoms with Gasteiger partial charge < -0.3 is 47.7 Å². The van der Waals surface area contributed by atoms with Gasteiger partial charge in [0.05, 0.1) is 39.1 Å². The maximum atomic E-state index is 11.6. The van der Waals surface area contributed by atoms with Crippen LogP contribution in [0.15, 0.2) is 96.1 Å². The average molecular weight is 692 g/mol. The van der Waals surface area contributed by atoms with Crippen molar-refractivity contribution < 1.29 is 47.7 Å². The van der Waals surface area contributed by atoms with Crippen molar-refractivity contribution in [2.45, 2.75) is 101 Å². The SMILES string of the molecule is CO[C@H]1O[C@H](COCc2ccccc2)[C@@H](O[C@@H]2O[C@@H]3COC(C)(C)O[C@H]3[C@H](N=[N+]=[N-])[C@H]2O)[C@H](OCc2ccccc2)[C@H]1OCc1ccccc1. The summed E-state index contributed by atoms with van der Waals surface area (Å²) in [4.78, 5) is 3.01. The number of hydrogen-bond acceptors (Lipinski definition) is 11. The number of hydrogen-bond donors (Lipinski definition) is 1. The van der Waals surface area contributed by atoms with Crippen LogP contribution in [-0.4, -0.2) is 92.6 Å². The van der Waals surface area contributed by atoms with E-state index >= 15 is 0 Å². The largest absolute Gasteiger partial charge is 0.387 e. The molecule has 3 aliphatic rings. The number of rotatable bonds is 14. The summed E-state index contributed by atoms with van der Waals surface area (Å²) in [6.07, 6.45) is -8.23. The molecule has 6 rings (SSSR count). The first-order chi connectivity index (χ1) is 24.3. The fraction of sp³-hybridized carbons (Fsp3) is 0.514. The van der Waals surface area contributed by atoms with E-state index in [0.29, 0.717) is 6.61 Å². The van der Waals surface area contributed by atoms with Crippen LogP contribution in [0.1, 0.15) is 30.5 Å². The summed E-state index contributed by atoms with van der Waals surface area (Å²) in [6, 6.07) is 28.2. The van der Waals surface area contributed by atoms with Crippen molar-refractivity contribution in [3.05, 3.63) is 118 Å². The van der Waals surface area contributed by atoms with Gasteiger partial charge in [-0.15, -0.1) is 0 Å². The molecule has 268 valence electrons. The summed E-state index contributed by atoms with van der Waals surface area (Å²) < 4.78 is 56.6. The van der Waals surface area contributed by atoms with Gasteiger partial charge in [0.25, 0.3) is 0 Å². The summed E-state index contributed by atoms with van der Waals surface area (Å²) in [6.45, 7) is 4.52. The number of aliphatic hydroxyl groups excluding tert-OH is 1. The van der Waals surface area contributed by atoms with Crippen LogP contribution in [-0.2, 0) is 62.5 Å². The van der Waals surface area contributed by atoms with E-state index in [4.69, 9.17) is 42.6 Å². The van der Waals surface area contributed by atoms with Gasteiger partial charge in [-0.2, -0.15) is 0 Å². The Hall–Kier alpha value is -3.43. The Balaban J connectivity index is 1.31. The van der Waals surface area contributed by atoms with E-state index in [1.165, 1.54) is 0 Å². The van der Waals surface area contributed by atoms with Crippen molar-refractivity contribution in [1.82, 2.24) is 0 Å². The van der Waals surface area contributed by atoms with Crippen molar-refractivity contribution in [2.24, 2.45) is 5.11 Å². The molecular weight excluding hydrogens is 646 g/mol. The zero-order valence-corrected chi connectivity index (χ0v) is 28.4. The van der Waals surface area contributed by atoms with Gasteiger partial charge in [-0.25, -0.2) is 0 Å². The Morgan fingerprint density at radius 1 is 0.800 bits per heavy atom. The second kappa shape index (κ2) is 17.2. The molecule has 0 radical (unpaired) electrons. The number of benzene rings is 3. The molecule has 50 heavy (non-hydrogen) atoms. The van der Waals surface area contributed by atoms with Crippen LogP contribution in [0.4, 0.5) is 0 Å². The lowest BCUT2D eigenvalue weighted by Crippen LogP contribution is -2.67. The van der Waals surface area contributed by atoms with Gasteiger partial charge in [0.1, 0.15) is 42.7 Å². The van der Waals surface area contributed by atoms with Gasteiger partial charge in [-0.05, 0) is 36.1 Å².